The largest absolute Gasteiger partial charge is 0.465 e. The van der Waals surface area contributed by atoms with Gasteiger partial charge in [-0.3, -0.25) is 4.79 Å². The molecule has 21 heavy (non-hydrogen) atoms. The van der Waals surface area contributed by atoms with Gasteiger partial charge in [-0.2, -0.15) is 0 Å². The molecule has 0 aliphatic rings. The number of methoxy groups -OCH3 is 1. The zero-order chi connectivity index (χ0) is 15.2. The quantitative estimate of drug-likeness (QED) is 0.620. The second-order valence-corrected chi connectivity index (χ2v) is 5.03. The zero-order valence-corrected chi connectivity index (χ0v) is 12.4. The van der Waals surface area contributed by atoms with Gasteiger partial charge in [-0.25, -0.2) is 4.79 Å². The third-order valence-electron chi connectivity index (χ3n) is 3.17. The normalized spacial score (nSPS) is 10.2. The third-order valence-corrected chi connectivity index (χ3v) is 3.41. The summed E-state index contributed by atoms with van der Waals surface area (Å²) in [6, 6.07) is 14.4. The number of aryl methyl sites for hydroxylation is 1. The van der Waals surface area contributed by atoms with Gasteiger partial charge in [-0.05, 0) is 30.2 Å². The van der Waals surface area contributed by atoms with Gasteiger partial charge in [0.1, 0.15) is 0 Å². The fourth-order valence-corrected chi connectivity index (χ4v) is 2.25. The lowest BCUT2D eigenvalue weighted by Gasteiger charge is -2.08. The van der Waals surface area contributed by atoms with Crippen molar-refractivity contribution >= 4 is 23.4 Å². The van der Waals surface area contributed by atoms with Crippen LogP contribution in [-0.4, -0.2) is 18.9 Å². The molecule has 0 aromatic heterocycles. The predicted octanol–water partition coefficient (Wildman–Crippen LogP) is 3.94. The molecular formula is C17H15ClO3. The Morgan fingerprint density at radius 2 is 1.76 bits per heavy atom. The van der Waals surface area contributed by atoms with E-state index in [4.69, 9.17) is 16.3 Å². The summed E-state index contributed by atoms with van der Waals surface area (Å²) in [4.78, 5) is 24.1. The molecule has 0 bridgehead atoms. The van der Waals surface area contributed by atoms with Crippen molar-refractivity contribution in [2.75, 3.05) is 7.11 Å². The summed E-state index contributed by atoms with van der Waals surface area (Å²) >= 11 is 5.88. The van der Waals surface area contributed by atoms with Crippen molar-refractivity contribution in [3.8, 4) is 0 Å². The Hall–Kier alpha value is -2.13. The van der Waals surface area contributed by atoms with Gasteiger partial charge in [0.25, 0.3) is 0 Å². The molecule has 0 fully saturated rings. The van der Waals surface area contributed by atoms with E-state index in [2.05, 4.69) is 0 Å². The number of rotatable bonds is 5. The first kappa shape index (κ1) is 15.3. The van der Waals surface area contributed by atoms with Crippen LogP contribution in [0, 0.1) is 0 Å². The first-order chi connectivity index (χ1) is 10.1. The van der Waals surface area contributed by atoms with Gasteiger partial charge in [0.15, 0.2) is 5.78 Å². The standard InChI is InChI=1S/C17H15ClO3/c1-21-17(20)15-11-13(18)8-9-14(15)16(19)10-7-12-5-3-2-4-6-12/h2-6,8-9,11H,7,10H2,1H3. The molecule has 0 saturated carbocycles. The van der Waals surface area contributed by atoms with E-state index >= 15 is 0 Å². The second-order valence-electron chi connectivity index (χ2n) is 4.59. The number of hydrogen-bond acceptors (Lipinski definition) is 3. The number of carbonyl (C=O) groups is 2. The predicted molar refractivity (Wildman–Crippen MR) is 81.9 cm³/mol. The molecule has 0 N–H and O–H groups in total. The van der Waals surface area contributed by atoms with Crippen LogP contribution in [0.1, 0.15) is 32.7 Å². The van der Waals surface area contributed by atoms with Gasteiger partial charge in [-0.15, -0.1) is 0 Å². The molecule has 2 rings (SSSR count). The fraction of sp³-hybridized carbons (Fsp3) is 0.176. The Morgan fingerprint density at radius 1 is 1.05 bits per heavy atom. The lowest BCUT2D eigenvalue weighted by molar-refractivity contribution is 0.0597. The minimum absolute atomic E-state index is 0.101. The molecule has 0 saturated heterocycles. The number of benzene rings is 2. The van der Waals surface area contributed by atoms with Gasteiger partial charge in [0.2, 0.25) is 0 Å². The number of halogens is 1. The molecule has 0 aliphatic heterocycles. The molecular weight excluding hydrogens is 288 g/mol. The molecule has 0 spiro atoms. The minimum atomic E-state index is -0.555. The summed E-state index contributed by atoms with van der Waals surface area (Å²) in [5, 5.41) is 0.398. The van der Waals surface area contributed by atoms with Crippen molar-refractivity contribution < 1.29 is 14.3 Å². The number of hydrogen-bond donors (Lipinski definition) is 0. The monoisotopic (exact) mass is 302 g/mol. The Labute approximate surface area is 128 Å². The third kappa shape index (κ3) is 3.92. The molecule has 4 heteroatoms. The highest BCUT2D eigenvalue weighted by Gasteiger charge is 2.17. The summed E-state index contributed by atoms with van der Waals surface area (Å²) in [5.41, 5.74) is 1.64. The minimum Gasteiger partial charge on any atom is -0.465 e. The summed E-state index contributed by atoms with van der Waals surface area (Å²) in [6.45, 7) is 0. The Balaban J connectivity index is 2.17. The summed E-state index contributed by atoms with van der Waals surface area (Å²) in [5.74, 6) is -0.656. The van der Waals surface area contributed by atoms with Crippen molar-refractivity contribution in [3.05, 3.63) is 70.2 Å². The molecule has 3 nitrogen and oxygen atoms in total. The van der Waals surface area contributed by atoms with Crippen molar-refractivity contribution in [2.24, 2.45) is 0 Å². The van der Waals surface area contributed by atoms with Crippen LogP contribution in [0.5, 0.6) is 0 Å². The van der Waals surface area contributed by atoms with Crippen molar-refractivity contribution in [2.45, 2.75) is 12.8 Å². The number of ketones is 1. The lowest BCUT2D eigenvalue weighted by Crippen LogP contribution is -2.11. The summed E-state index contributed by atoms with van der Waals surface area (Å²) < 4.78 is 4.70. The molecule has 0 heterocycles. The van der Waals surface area contributed by atoms with Crippen LogP contribution in [0.15, 0.2) is 48.5 Å². The lowest BCUT2D eigenvalue weighted by atomic mass is 9.98. The van der Waals surface area contributed by atoms with E-state index in [1.54, 1.807) is 12.1 Å². The van der Waals surface area contributed by atoms with Gasteiger partial charge < -0.3 is 4.74 Å². The maximum Gasteiger partial charge on any atom is 0.338 e. The van der Waals surface area contributed by atoms with Crippen molar-refractivity contribution in [3.63, 3.8) is 0 Å². The van der Waals surface area contributed by atoms with E-state index in [0.717, 1.165) is 5.56 Å². The number of Topliss-reactive ketones (excluding diaryl/α,β-unsaturated/α-hetero) is 1. The van der Waals surface area contributed by atoms with E-state index in [0.29, 0.717) is 23.4 Å². The van der Waals surface area contributed by atoms with Gasteiger partial charge >= 0.3 is 5.97 Å². The SMILES string of the molecule is COC(=O)c1cc(Cl)ccc1C(=O)CCc1ccccc1. The van der Waals surface area contributed by atoms with Crippen LogP contribution in [-0.2, 0) is 11.2 Å². The van der Waals surface area contributed by atoms with Crippen molar-refractivity contribution in [1.29, 1.82) is 0 Å². The zero-order valence-electron chi connectivity index (χ0n) is 11.6. The second kappa shape index (κ2) is 7.04. The van der Waals surface area contributed by atoms with Gasteiger partial charge in [-0.1, -0.05) is 41.9 Å². The fourth-order valence-electron chi connectivity index (χ4n) is 2.08. The van der Waals surface area contributed by atoms with Crippen LogP contribution in [0.4, 0.5) is 0 Å². The van der Waals surface area contributed by atoms with E-state index in [9.17, 15) is 9.59 Å². The van der Waals surface area contributed by atoms with Crippen LogP contribution in [0.25, 0.3) is 0 Å². The van der Waals surface area contributed by atoms with Crippen LogP contribution in [0.2, 0.25) is 5.02 Å². The molecule has 0 amide bonds. The molecule has 2 aromatic rings. The number of carbonyl (C=O) groups excluding carboxylic acids is 2. The average Bonchev–Trinajstić information content (AvgIpc) is 2.52. The molecule has 0 radical (unpaired) electrons. The molecule has 0 atom stereocenters. The number of esters is 1. The van der Waals surface area contributed by atoms with E-state index in [1.807, 2.05) is 30.3 Å². The van der Waals surface area contributed by atoms with Gasteiger partial charge in [0, 0.05) is 17.0 Å². The average molecular weight is 303 g/mol. The van der Waals surface area contributed by atoms with E-state index in [-0.39, 0.29) is 11.3 Å². The molecule has 108 valence electrons. The highest BCUT2D eigenvalue weighted by atomic mass is 35.5. The molecule has 0 aliphatic carbocycles. The molecule has 2 aromatic carbocycles. The Bertz CT molecular complexity index is 650. The molecule has 0 unspecified atom stereocenters. The highest BCUT2D eigenvalue weighted by molar-refractivity contribution is 6.31. The summed E-state index contributed by atoms with van der Waals surface area (Å²) in [7, 11) is 1.28. The maximum absolute atomic E-state index is 12.3. The first-order valence-electron chi connectivity index (χ1n) is 6.57. The maximum atomic E-state index is 12.3. The van der Waals surface area contributed by atoms with E-state index < -0.39 is 5.97 Å². The number of ether oxygens (including phenoxy) is 1. The Morgan fingerprint density at radius 3 is 2.43 bits per heavy atom. The first-order valence-corrected chi connectivity index (χ1v) is 6.94. The van der Waals surface area contributed by atoms with E-state index in [1.165, 1.54) is 13.2 Å². The topological polar surface area (TPSA) is 43.4 Å². The van der Waals surface area contributed by atoms with Crippen LogP contribution < -0.4 is 0 Å². The van der Waals surface area contributed by atoms with Crippen molar-refractivity contribution in [1.82, 2.24) is 0 Å². The highest BCUT2D eigenvalue weighted by Crippen LogP contribution is 2.19. The Kier molecular flexibility index (Phi) is 5.12. The van der Waals surface area contributed by atoms with Gasteiger partial charge in [0.05, 0.1) is 12.7 Å². The van der Waals surface area contributed by atoms with Crippen LogP contribution >= 0.6 is 11.6 Å². The smallest absolute Gasteiger partial charge is 0.338 e. The summed E-state index contributed by atoms with van der Waals surface area (Å²) in [6.07, 6.45) is 0.957. The van der Waals surface area contributed by atoms with Crippen LogP contribution in [0.3, 0.4) is 0 Å².